The van der Waals surface area contributed by atoms with Crippen molar-refractivity contribution in [3.63, 3.8) is 0 Å². The SMILES string of the molecule is COC(=O)C1CC2(C)OC2(C)C1. The molecule has 0 radical (unpaired) electrons. The number of ether oxygens (including phenoxy) is 2. The zero-order chi connectivity index (χ0) is 8.98. The van der Waals surface area contributed by atoms with Gasteiger partial charge in [-0.25, -0.2) is 0 Å². The average molecular weight is 170 g/mol. The summed E-state index contributed by atoms with van der Waals surface area (Å²) in [5.41, 5.74) is -0.0995. The van der Waals surface area contributed by atoms with Crippen molar-refractivity contribution < 1.29 is 14.3 Å². The van der Waals surface area contributed by atoms with Gasteiger partial charge in [0.15, 0.2) is 0 Å². The Kier molecular flexibility index (Phi) is 1.35. The first-order valence-corrected chi connectivity index (χ1v) is 4.29. The van der Waals surface area contributed by atoms with Crippen LogP contribution in [0.4, 0.5) is 0 Å². The highest BCUT2D eigenvalue weighted by atomic mass is 16.6. The van der Waals surface area contributed by atoms with Crippen LogP contribution in [-0.4, -0.2) is 24.3 Å². The van der Waals surface area contributed by atoms with Gasteiger partial charge in [0.05, 0.1) is 24.2 Å². The summed E-state index contributed by atoms with van der Waals surface area (Å²) in [5, 5.41) is 0. The van der Waals surface area contributed by atoms with Crippen LogP contribution in [0.15, 0.2) is 0 Å². The lowest BCUT2D eigenvalue weighted by atomic mass is 10.0. The van der Waals surface area contributed by atoms with E-state index in [-0.39, 0.29) is 23.1 Å². The summed E-state index contributed by atoms with van der Waals surface area (Å²) in [5.74, 6) is -0.0352. The normalized spacial score (nSPS) is 50.1. The Morgan fingerprint density at radius 3 is 2.33 bits per heavy atom. The van der Waals surface area contributed by atoms with E-state index in [1.165, 1.54) is 7.11 Å². The molecule has 2 fully saturated rings. The van der Waals surface area contributed by atoms with Gasteiger partial charge in [-0.1, -0.05) is 0 Å². The fourth-order valence-electron chi connectivity index (χ4n) is 2.33. The second-order valence-electron chi connectivity index (χ2n) is 4.19. The van der Waals surface area contributed by atoms with Gasteiger partial charge in [0.25, 0.3) is 0 Å². The number of rotatable bonds is 1. The molecule has 0 N–H and O–H groups in total. The highest BCUT2D eigenvalue weighted by Gasteiger charge is 2.70. The molecule has 2 rings (SSSR count). The number of epoxide rings is 1. The largest absolute Gasteiger partial charge is 0.469 e. The number of carbonyl (C=O) groups is 1. The maximum Gasteiger partial charge on any atom is 0.308 e. The van der Waals surface area contributed by atoms with E-state index >= 15 is 0 Å². The highest BCUT2D eigenvalue weighted by Crippen LogP contribution is 2.61. The molecule has 0 aromatic heterocycles. The number of hydrogen-bond acceptors (Lipinski definition) is 3. The van der Waals surface area contributed by atoms with E-state index in [1.807, 2.05) is 0 Å². The van der Waals surface area contributed by atoms with Gasteiger partial charge in [0, 0.05) is 0 Å². The van der Waals surface area contributed by atoms with Crippen molar-refractivity contribution in [3.8, 4) is 0 Å². The molecule has 12 heavy (non-hydrogen) atoms. The Bertz CT molecular complexity index is 222. The Labute approximate surface area is 72.0 Å². The van der Waals surface area contributed by atoms with E-state index < -0.39 is 0 Å². The summed E-state index contributed by atoms with van der Waals surface area (Å²) in [6.45, 7) is 4.13. The predicted octanol–water partition coefficient (Wildman–Crippen LogP) is 1.12. The van der Waals surface area contributed by atoms with Crippen LogP contribution in [0.1, 0.15) is 26.7 Å². The lowest BCUT2D eigenvalue weighted by molar-refractivity contribution is -0.146. The lowest BCUT2D eigenvalue weighted by Crippen LogP contribution is -2.17. The molecule has 0 bridgehead atoms. The van der Waals surface area contributed by atoms with Crippen LogP contribution in [-0.2, 0) is 14.3 Å². The number of methoxy groups -OCH3 is 1. The van der Waals surface area contributed by atoms with Crippen molar-refractivity contribution in [2.75, 3.05) is 7.11 Å². The molecule has 2 atom stereocenters. The van der Waals surface area contributed by atoms with E-state index in [9.17, 15) is 4.79 Å². The minimum absolute atomic E-state index is 0.0497. The Balaban J connectivity index is 2.06. The highest BCUT2D eigenvalue weighted by molar-refractivity contribution is 5.73. The first kappa shape index (κ1) is 8.05. The molecule has 1 heterocycles. The Hall–Kier alpha value is -0.570. The van der Waals surface area contributed by atoms with Crippen molar-refractivity contribution in [1.82, 2.24) is 0 Å². The maximum atomic E-state index is 11.2. The van der Waals surface area contributed by atoms with E-state index in [2.05, 4.69) is 13.8 Å². The van der Waals surface area contributed by atoms with Crippen molar-refractivity contribution in [3.05, 3.63) is 0 Å². The summed E-state index contributed by atoms with van der Waals surface area (Å²) in [4.78, 5) is 11.2. The molecule has 0 aromatic rings. The molecule has 0 aromatic carbocycles. The second kappa shape index (κ2) is 2.02. The number of esters is 1. The third kappa shape index (κ3) is 0.829. The summed E-state index contributed by atoms with van der Waals surface area (Å²) >= 11 is 0. The van der Waals surface area contributed by atoms with E-state index in [4.69, 9.17) is 9.47 Å². The monoisotopic (exact) mass is 170 g/mol. The van der Waals surface area contributed by atoms with Gasteiger partial charge in [-0.15, -0.1) is 0 Å². The summed E-state index contributed by atoms with van der Waals surface area (Å²) in [7, 11) is 1.44. The minimum atomic E-state index is -0.0896. The smallest absolute Gasteiger partial charge is 0.308 e. The molecular weight excluding hydrogens is 156 g/mol. The molecule has 1 aliphatic carbocycles. The molecule has 0 amide bonds. The zero-order valence-electron chi connectivity index (χ0n) is 7.72. The molecule has 2 aliphatic rings. The number of hydrogen-bond donors (Lipinski definition) is 0. The Morgan fingerprint density at radius 2 is 1.92 bits per heavy atom. The third-order valence-electron chi connectivity index (χ3n) is 3.33. The lowest BCUT2D eigenvalue weighted by Gasteiger charge is -2.10. The topological polar surface area (TPSA) is 38.8 Å². The number of fused-ring (bicyclic) bond motifs is 1. The van der Waals surface area contributed by atoms with Crippen molar-refractivity contribution >= 4 is 5.97 Å². The second-order valence-corrected chi connectivity index (χ2v) is 4.19. The van der Waals surface area contributed by atoms with Gasteiger partial charge in [-0.3, -0.25) is 4.79 Å². The van der Waals surface area contributed by atoms with Gasteiger partial charge in [-0.2, -0.15) is 0 Å². The quantitative estimate of drug-likeness (QED) is 0.437. The maximum absolute atomic E-state index is 11.2. The van der Waals surface area contributed by atoms with Crippen LogP contribution in [0.2, 0.25) is 0 Å². The van der Waals surface area contributed by atoms with Crippen LogP contribution in [0.3, 0.4) is 0 Å². The molecule has 3 nitrogen and oxygen atoms in total. The molecule has 3 heteroatoms. The molecule has 1 saturated heterocycles. The predicted molar refractivity (Wildman–Crippen MR) is 42.6 cm³/mol. The van der Waals surface area contributed by atoms with Crippen LogP contribution >= 0.6 is 0 Å². The summed E-state index contributed by atoms with van der Waals surface area (Å²) in [6.07, 6.45) is 1.63. The van der Waals surface area contributed by atoms with E-state index in [0.29, 0.717) is 0 Å². The van der Waals surface area contributed by atoms with Crippen LogP contribution < -0.4 is 0 Å². The first-order valence-electron chi connectivity index (χ1n) is 4.29. The Morgan fingerprint density at radius 1 is 1.42 bits per heavy atom. The molecule has 1 saturated carbocycles. The first-order chi connectivity index (χ1) is 5.51. The summed E-state index contributed by atoms with van der Waals surface area (Å²) in [6, 6.07) is 0. The van der Waals surface area contributed by atoms with Crippen molar-refractivity contribution in [2.24, 2.45) is 5.92 Å². The molecular formula is C9H14O3. The van der Waals surface area contributed by atoms with Gasteiger partial charge < -0.3 is 9.47 Å². The number of carbonyl (C=O) groups excluding carboxylic acids is 1. The van der Waals surface area contributed by atoms with Crippen molar-refractivity contribution in [2.45, 2.75) is 37.9 Å². The van der Waals surface area contributed by atoms with Crippen LogP contribution in [0.5, 0.6) is 0 Å². The molecule has 2 unspecified atom stereocenters. The minimum Gasteiger partial charge on any atom is -0.469 e. The summed E-state index contributed by atoms with van der Waals surface area (Å²) < 4.78 is 10.2. The fourth-order valence-corrected chi connectivity index (χ4v) is 2.33. The van der Waals surface area contributed by atoms with Gasteiger partial charge in [0.2, 0.25) is 0 Å². The van der Waals surface area contributed by atoms with Gasteiger partial charge in [0.1, 0.15) is 0 Å². The van der Waals surface area contributed by atoms with Crippen LogP contribution in [0, 0.1) is 5.92 Å². The van der Waals surface area contributed by atoms with Gasteiger partial charge >= 0.3 is 5.97 Å². The standard InChI is InChI=1S/C9H14O3/c1-8-4-6(7(10)11-3)5-9(8,2)12-8/h6H,4-5H2,1-3H3. The molecule has 0 spiro atoms. The van der Waals surface area contributed by atoms with E-state index in [0.717, 1.165) is 12.8 Å². The van der Waals surface area contributed by atoms with E-state index in [1.54, 1.807) is 0 Å². The van der Waals surface area contributed by atoms with Gasteiger partial charge in [-0.05, 0) is 26.7 Å². The third-order valence-corrected chi connectivity index (χ3v) is 3.33. The molecule has 1 aliphatic heterocycles. The zero-order valence-corrected chi connectivity index (χ0v) is 7.72. The van der Waals surface area contributed by atoms with Crippen LogP contribution in [0.25, 0.3) is 0 Å². The molecule has 68 valence electrons. The van der Waals surface area contributed by atoms with Crippen molar-refractivity contribution in [1.29, 1.82) is 0 Å². The average Bonchev–Trinajstić information content (AvgIpc) is 2.41. The fraction of sp³-hybridized carbons (Fsp3) is 0.889.